The number of amides is 1. The number of carbonyl (C=O) groups is 1. The summed E-state index contributed by atoms with van der Waals surface area (Å²) in [6, 6.07) is 11.6. The van der Waals surface area contributed by atoms with E-state index in [0.29, 0.717) is 0 Å². The molecule has 3 nitrogen and oxygen atoms in total. The van der Waals surface area contributed by atoms with Gasteiger partial charge in [0.1, 0.15) is 0 Å². The molecule has 0 saturated carbocycles. The number of nitrogens with one attached hydrogen (secondary N) is 1. The van der Waals surface area contributed by atoms with Crippen LogP contribution in [0.25, 0.3) is 0 Å². The third kappa shape index (κ3) is 3.41. The summed E-state index contributed by atoms with van der Waals surface area (Å²) in [6.45, 7) is 5.94. The number of aromatic nitrogens is 1. The van der Waals surface area contributed by atoms with Crippen LogP contribution in [0.3, 0.4) is 0 Å². The molecule has 0 aliphatic rings. The summed E-state index contributed by atoms with van der Waals surface area (Å²) in [5.74, 6) is -0.0160. The second-order valence-corrected chi connectivity index (χ2v) is 4.85. The number of pyridine rings is 1. The lowest BCUT2D eigenvalue weighted by Crippen LogP contribution is -2.43. The number of rotatable bonds is 3. The van der Waals surface area contributed by atoms with Crippen molar-refractivity contribution >= 4 is 11.6 Å². The van der Waals surface area contributed by atoms with Crippen LogP contribution in [0.15, 0.2) is 48.8 Å². The summed E-state index contributed by atoms with van der Waals surface area (Å²) in [4.78, 5) is 12.2. The van der Waals surface area contributed by atoms with Gasteiger partial charge in [-0.25, -0.2) is 0 Å². The number of nitrogens with zero attached hydrogens (tertiary/aromatic N) is 1. The predicted molar refractivity (Wildman–Crippen MR) is 75.9 cm³/mol. The molecule has 1 aromatic heterocycles. The summed E-state index contributed by atoms with van der Waals surface area (Å²) in [5.41, 5.74) is 3.19. The van der Waals surface area contributed by atoms with Crippen molar-refractivity contribution in [2.24, 2.45) is 0 Å². The first-order valence-corrected chi connectivity index (χ1v) is 6.41. The summed E-state index contributed by atoms with van der Waals surface area (Å²) in [7, 11) is 0. The molecule has 0 aliphatic heterocycles. The highest BCUT2D eigenvalue weighted by atomic mass is 16.2. The summed E-state index contributed by atoms with van der Waals surface area (Å²) >= 11 is 0. The third-order valence-electron chi connectivity index (χ3n) is 3.16. The van der Waals surface area contributed by atoms with E-state index in [-0.39, 0.29) is 11.9 Å². The molecular weight excluding hydrogens is 236 g/mol. The number of benzene rings is 1. The van der Waals surface area contributed by atoms with Crippen LogP contribution in [-0.2, 0) is 4.79 Å². The van der Waals surface area contributed by atoms with Crippen LogP contribution in [0.5, 0.6) is 0 Å². The van der Waals surface area contributed by atoms with E-state index in [0.717, 1.165) is 5.69 Å². The Labute approximate surface area is 113 Å². The van der Waals surface area contributed by atoms with Crippen molar-refractivity contribution in [1.82, 2.24) is 0 Å². The van der Waals surface area contributed by atoms with E-state index in [1.54, 1.807) is 0 Å². The molecule has 98 valence electrons. The lowest BCUT2D eigenvalue weighted by atomic mass is 10.2. The molecule has 0 saturated heterocycles. The first kappa shape index (κ1) is 13.3. The Hall–Kier alpha value is -2.16. The smallest absolute Gasteiger partial charge is 0.293 e. The van der Waals surface area contributed by atoms with Gasteiger partial charge < -0.3 is 5.32 Å². The van der Waals surface area contributed by atoms with Gasteiger partial charge in [-0.1, -0.05) is 17.7 Å². The fourth-order valence-electron chi connectivity index (χ4n) is 1.79. The number of carbonyl (C=O) groups excluding carboxylic acids is 1. The van der Waals surface area contributed by atoms with Crippen molar-refractivity contribution in [3.63, 3.8) is 0 Å². The summed E-state index contributed by atoms with van der Waals surface area (Å²) in [5, 5.41) is 2.92. The van der Waals surface area contributed by atoms with Gasteiger partial charge in [-0.05, 0) is 31.5 Å². The standard InChI is InChI=1S/C16H18N2O/c1-12-4-6-15(7-5-12)17-16(19)14(3)18-10-8-13(2)9-11-18/h4-11,14H,1-3H3/p+1/t14-/m1/s1. The van der Waals surface area contributed by atoms with Crippen LogP contribution in [-0.4, -0.2) is 5.91 Å². The van der Waals surface area contributed by atoms with Crippen LogP contribution in [0.2, 0.25) is 0 Å². The minimum atomic E-state index is -0.234. The largest absolute Gasteiger partial charge is 0.320 e. The monoisotopic (exact) mass is 255 g/mol. The van der Waals surface area contributed by atoms with Gasteiger partial charge in [0.15, 0.2) is 12.4 Å². The molecule has 0 spiro atoms. The van der Waals surface area contributed by atoms with Crippen LogP contribution in [0, 0.1) is 13.8 Å². The van der Waals surface area contributed by atoms with Gasteiger partial charge in [0.05, 0.1) is 0 Å². The first-order valence-electron chi connectivity index (χ1n) is 6.41. The van der Waals surface area contributed by atoms with E-state index in [1.165, 1.54) is 11.1 Å². The van der Waals surface area contributed by atoms with E-state index in [9.17, 15) is 4.79 Å². The van der Waals surface area contributed by atoms with Gasteiger partial charge in [0.25, 0.3) is 5.91 Å². The molecule has 1 heterocycles. The van der Waals surface area contributed by atoms with Gasteiger partial charge in [-0.15, -0.1) is 0 Å². The molecule has 1 amide bonds. The number of hydrogen-bond acceptors (Lipinski definition) is 1. The molecule has 19 heavy (non-hydrogen) atoms. The molecular formula is C16H19N2O+. The van der Waals surface area contributed by atoms with Gasteiger partial charge in [0.2, 0.25) is 6.04 Å². The zero-order valence-electron chi connectivity index (χ0n) is 11.6. The molecule has 0 radical (unpaired) electrons. The lowest BCUT2D eigenvalue weighted by molar-refractivity contribution is -0.705. The average molecular weight is 255 g/mol. The van der Waals surface area contributed by atoms with E-state index in [2.05, 4.69) is 5.32 Å². The molecule has 3 heteroatoms. The maximum absolute atomic E-state index is 12.2. The SMILES string of the molecule is Cc1ccc(NC(=O)[C@@H](C)[n+]2ccc(C)cc2)cc1. The van der Waals surface area contributed by atoms with Crippen LogP contribution in [0.4, 0.5) is 5.69 Å². The Kier molecular flexibility index (Phi) is 3.95. The zero-order chi connectivity index (χ0) is 13.8. The molecule has 0 bridgehead atoms. The Morgan fingerprint density at radius 3 is 2.11 bits per heavy atom. The Bertz CT molecular complexity index is 558. The second kappa shape index (κ2) is 5.65. The van der Waals surface area contributed by atoms with Crippen molar-refractivity contribution in [2.75, 3.05) is 5.32 Å². The Morgan fingerprint density at radius 2 is 1.53 bits per heavy atom. The number of hydrogen-bond donors (Lipinski definition) is 1. The van der Waals surface area contributed by atoms with Crippen molar-refractivity contribution in [1.29, 1.82) is 0 Å². The third-order valence-corrected chi connectivity index (χ3v) is 3.16. The Morgan fingerprint density at radius 1 is 1.00 bits per heavy atom. The minimum absolute atomic E-state index is 0.0160. The highest BCUT2D eigenvalue weighted by Crippen LogP contribution is 2.10. The zero-order valence-corrected chi connectivity index (χ0v) is 11.6. The lowest BCUT2D eigenvalue weighted by Gasteiger charge is -2.09. The quantitative estimate of drug-likeness (QED) is 0.841. The highest BCUT2D eigenvalue weighted by molar-refractivity contribution is 5.92. The molecule has 1 aromatic carbocycles. The minimum Gasteiger partial charge on any atom is -0.320 e. The van der Waals surface area contributed by atoms with E-state index in [1.807, 2.05) is 74.1 Å². The normalized spacial score (nSPS) is 11.9. The van der Waals surface area contributed by atoms with Gasteiger partial charge in [0, 0.05) is 24.7 Å². The summed E-state index contributed by atoms with van der Waals surface area (Å²) < 4.78 is 1.90. The molecule has 1 atom stereocenters. The Balaban J connectivity index is 2.07. The van der Waals surface area contributed by atoms with Crippen molar-refractivity contribution in [2.45, 2.75) is 26.8 Å². The molecule has 1 N–H and O–H groups in total. The summed E-state index contributed by atoms with van der Waals surface area (Å²) in [6.07, 6.45) is 3.85. The molecule has 0 aliphatic carbocycles. The molecule has 2 aromatic rings. The van der Waals surface area contributed by atoms with E-state index < -0.39 is 0 Å². The predicted octanol–water partition coefficient (Wildman–Crippen LogP) is 2.79. The number of aryl methyl sites for hydroxylation is 2. The topological polar surface area (TPSA) is 33.0 Å². The molecule has 0 fully saturated rings. The van der Waals surface area contributed by atoms with E-state index >= 15 is 0 Å². The maximum atomic E-state index is 12.2. The fraction of sp³-hybridized carbons (Fsp3) is 0.250. The molecule has 2 rings (SSSR count). The van der Waals surface area contributed by atoms with Gasteiger partial charge >= 0.3 is 0 Å². The average Bonchev–Trinajstić information content (AvgIpc) is 2.41. The fourth-order valence-corrected chi connectivity index (χ4v) is 1.79. The van der Waals surface area contributed by atoms with Crippen molar-refractivity contribution in [3.8, 4) is 0 Å². The molecule has 0 unspecified atom stereocenters. The van der Waals surface area contributed by atoms with Gasteiger partial charge in [-0.3, -0.25) is 4.79 Å². The van der Waals surface area contributed by atoms with Crippen LogP contribution in [0.1, 0.15) is 24.1 Å². The van der Waals surface area contributed by atoms with E-state index in [4.69, 9.17) is 0 Å². The van der Waals surface area contributed by atoms with Crippen LogP contribution >= 0.6 is 0 Å². The van der Waals surface area contributed by atoms with Crippen LogP contribution < -0.4 is 9.88 Å². The van der Waals surface area contributed by atoms with Crippen molar-refractivity contribution in [3.05, 3.63) is 59.9 Å². The first-order chi connectivity index (χ1) is 9.06. The second-order valence-electron chi connectivity index (χ2n) is 4.85. The maximum Gasteiger partial charge on any atom is 0.293 e. The number of anilines is 1. The highest BCUT2D eigenvalue weighted by Gasteiger charge is 2.21. The van der Waals surface area contributed by atoms with Gasteiger partial charge in [-0.2, -0.15) is 4.57 Å². The van der Waals surface area contributed by atoms with Crippen molar-refractivity contribution < 1.29 is 9.36 Å².